The van der Waals surface area contributed by atoms with E-state index in [2.05, 4.69) is 33.5 Å². The summed E-state index contributed by atoms with van der Waals surface area (Å²) < 4.78 is 13.5. The zero-order valence-electron chi connectivity index (χ0n) is 11.3. The Kier molecular flexibility index (Phi) is 6.84. The minimum atomic E-state index is -0.348. The molecule has 2 N–H and O–H groups in total. The molecule has 0 aliphatic rings. The largest absolute Gasteiger partial charge is 0.374 e. The second kappa shape index (κ2) is 8.15. The molecule has 106 valence electrons. The molecule has 0 spiro atoms. The number of amides is 1. The number of halogens is 2. The van der Waals surface area contributed by atoms with Crippen molar-refractivity contribution in [3.8, 4) is 0 Å². The first-order chi connectivity index (χ1) is 9.04. The lowest BCUT2D eigenvalue weighted by molar-refractivity contribution is -0.121. The van der Waals surface area contributed by atoms with Gasteiger partial charge in [-0.3, -0.25) is 4.79 Å². The van der Waals surface area contributed by atoms with Gasteiger partial charge in [0.2, 0.25) is 5.91 Å². The third-order valence-electron chi connectivity index (χ3n) is 2.78. The molecule has 1 unspecified atom stereocenters. The molecule has 1 aromatic carbocycles. The van der Waals surface area contributed by atoms with Gasteiger partial charge in [0.1, 0.15) is 11.9 Å². The Bertz CT molecular complexity index is 426. The lowest BCUT2D eigenvalue weighted by Crippen LogP contribution is -2.38. The lowest BCUT2D eigenvalue weighted by Gasteiger charge is -2.15. The lowest BCUT2D eigenvalue weighted by atomic mass is 10.2. The maximum Gasteiger partial charge on any atom is 0.242 e. The van der Waals surface area contributed by atoms with Crippen molar-refractivity contribution in [1.82, 2.24) is 5.32 Å². The van der Waals surface area contributed by atoms with Gasteiger partial charge in [-0.15, -0.1) is 0 Å². The van der Waals surface area contributed by atoms with E-state index in [4.69, 9.17) is 0 Å². The molecule has 0 radical (unpaired) electrons. The minimum absolute atomic E-state index is 0.0449. The SMILES string of the molecule is CCCCCNC(=O)C(C)Nc1ccc(F)c(Br)c1. The van der Waals surface area contributed by atoms with Crippen LogP contribution in [0.25, 0.3) is 0 Å². The van der Waals surface area contributed by atoms with Gasteiger partial charge in [0.05, 0.1) is 4.47 Å². The van der Waals surface area contributed by atoms with Gasteiger partial charge in [-0.05, 0) is 47.5 Å². The highest BCUT2D eigenvalue weighted by molar-refractivity contribution is 9.10. The number of benzene rings is 1. The number of unbranched alkanes of at least 4 members (excludes halogenated alkanes) is 2. The third kappa shape index (κ3) is 5.59. The van der Waals surface area contributed by atoms with E-state index >= 15 is 0 Å². The van der Waals surface area contributed by atoms with Gasteiger partial charge in [-0.2, -0.15) is 0 Å². The molecule has 0 fully saturated rings. The highest BCUT2D eigenvalue weighted by Crippen LogP contribution is 2.20. The van der Waals surface area contributed by atoms with Crippen LogP contribution in [0.5, 0.6) is 0 Å². The van der Waals surface area contributed by atoms with Crippen LogP contribution in [0.1, 0.15) is 33.1 Å². The molecule has 1 aromatic rings. The molecule has 1 rings (SSSR count). The van der Waals surface area contributed by atoms with E-state index in [0.717, 1.165) is 19.3 Å². The number of carbonyl (C=O) groups is 1. The van der Waals surface area contributed by atoms with Crippen LogP contribution in [0.3, 0.4) is 0 Å². The zero-order chi connectivity index (χ0) is 14.3. The summed E-state index contributed by atoms with van der Waals surface area (Å²) >= 11 is 3.12. The predicted molar refractivity (Wildman–Crippen MR) is 79.7 cm³/mol. The molecule has 0 aliphatic heterocycles. The molecule has 0 saturated carbocycles. The van der Waals surface area contributed by atoms with Gasteiger partial charge < -0.3 is 10.6 Å². The first kappa shape index (κ1) is 16.0. The van der Waals surface area contributed by atoms with E-state index in [1.54, 1.807) is 19.1 Å². The zero-order valence-corrected chi connectivity index (χ0v) is 12.9. The van der Waals surface area contributed by atoms with Crippen LogP contribution in [0.4, 0.5) is 10.1 Å². The first-order valence-electron chi connectivity index (χ1n) is 6.54. The molecule has 0 bridgehead atoms. The summed E-state index contributed by atoms with van der Waals surface area (Å²) in [5.41, 5.74) is 0.712. The van der Waals surface area contributed by atoms with E-state index < -0.39 is 0 Å². The smallest absolute Gasteiger partial charge is 0.242 e. The summed E-state index contributed by atoms with van der Waals surface area (Å²) in [7, 11) is 0. The number of rotatable bonds is 7. The van der Waals surface area contributed by atoms with Crippen molar-refractivity contribution >= 4 is 27.5 Å². The summed E-state index contributed by atoms with van der Waals surface area (Å²) in [6.45, 7) is 4.61. The van der Waals surface area contributed by atoms with Crippen LogP contribution >= 0.6 is 15.9 Å². The number of hydrogen-bond donors (Lipinski definition) is 2. The van der Waals surface area contributed by atoms with Crippen molar-refractivity contribution in [1.29, 1.82) is 0 Å². The van der Waals surface area contributed by atoms with Crippen LogP contribution in [-0.2, 0) is 4.79 Å². The number of anilines is 1. The van der Waals surface area contributed by atoms with Crippen molar-refractivity contribution in [2.45, 2.75) is 39.2 Å². The average molecular weight is 331 g/mol. The number of carbonyl (C=O) groups excluding carboxylic acids is 1. The number of hydrogen-bond acceptors (Lipinski definition) is 2. The summed E-state index contributed by atoms with van der Waals surface area (Å²) in [5.74, 6) is -0.362. The van der Waals surface area contributed by atoms with Crippen molar-refractivity contribution in [2.75, 3.05) is 11.9 Å². The second-order valence-corrected chi connectivity index (χ2v) is 5.35. The maximum atomic E-state index is 13.1. The van der Waals surface area contributed by atoms with Gasteiger partial charge in [0.15, 0.2) is 0 Å². The van der Waals surface area contributed by atoms with Crippen LogP contribution < -0.4 is 10.6 Å². The summed E-state index contributed by atoms with van der Waals surface area (Å²) in [4.78, 5) is 11.8. The molecule has 1 amide bonds. The fourth-order valence-electron chi connectivity index (χ4n) is 1.64. The van der Waals surface area contributed by atoms with E-state index in [0.29, 0.717) is 16.7 Å². The number of nitrogens with one attached hydrogen (secondary N) is 2. The fourth-order valence-corrected chi connectivity index (χ4v) is 2.02. The predicted octanol–water partition coefficient (Wildman–Crippen LogP) is 3.70. The minimum Gasteiger partial charge on any atom is -0.374 e. The van der Waals surface area contributed by atoms with Gasteiger partial charge in [-0.1, -0.05) is 19.8 Å². The van der Waals surface area contributed by atoms with Crippen LogP contribution in [0.2, 0.25) is 0 Å². The van der Waals surface area contributed by atoms with Crippen molar-refractivity contribution < 1.29 is 9.18 Å². The molecule has 1 atom stereocenters. The van der Waals surface area contributed by atoms with E-state index in [-0.39, 0.29) is 17.8 Å². The standard InChI is InChI=1S/C14H20BrFN2O/c1-3-4-5-8-17-14(19)10(2)18-11-6-7-13(16)12(15)9-11/h6-7,9-10,18H,3-5,8H2,1-2H3,(H,17,19). The molecule has 0 aliphatic carbocycles. The van der Waals surface area contributed by atoms with Crippen LogP contribution in [0.15, 0.2) is 22.7 Å². The fraction of sp³-hybridized carbons (Fsp3) is 0.500. The normalized spacial score (nSPS) is 12.0. The van der Waals surface area contributed by atoms with Crippen molar-refractivity contribution in [3.63, 3.8) is 0 Å². The van der Waals surface area contributed by atoms with Gasteiger partial charge in [0.25, 0.3) is 0 Å². The Morgan fingerprint density at radius 3 is 2.79 bits per heavy atom. The molecular formula is C14H20BrFN2O. The summed E-state index contributed by atoms with van der Waals surface area (Å²) in [5, 5.41) is 5.92. The van der Waals surface area contributed by atoms with Crippen molar-refractivity contribution in [2.24, 2.45) is 0 Å². The molecule has 19 heavy (non-hydrogen) atoms. The second-order valence-electron chi connectivity index (χ2n) is 4.49. The van der Waals surface area contributed by atoms with Gasteiger partial charge >= 0.3 is 0 Å². The Labute approximate surface area is 122 Å². The van der Waals surface area contributed by atoms with Crippen LogP contribution in [-0.4, -0.2) is 18.5 Å². The van der Waals surface area contributed by atoms with Crippen molar-refractivity contribution in [3.05, 3.63) is 28.5 Å². The first-order valence-corrected chi connectivity index (χ1v) is 7.33. The molecule has 3 nitrogen and oxygen atoms in total. The molecule has 0 aromatic heterocycles. The summed E-state index contributed by atoms with van der Waals surface area (Å²) in [6.07, 6.45) is 3.25. The summed E-state index contributed by atoms with van der Waals surface area (Å²) in [6, 6.07) is 4.24. The highest BCUT2D eigenvalue weighted by atomic mass is 79.9. The molecule has 5 heteroatoms. The third-order valence-corrected chi connectivity index (χ3v) is 3.38. The molecular weight excluding hydrogens is 311 g/mol. The van der Waals surface area contributed by atoms with Crippen LogP contribution in [0, 0.1) is 5.82 Å². The Morgan fingerprint density at radius 1 is 1.42 bits per heavy atom. The molecule has 0 heterocycles. The quantitative estimate of drug-likeness (QED) is 0.748. The Balaban J connectivity index is 2.42. The average Bonchev–Trinajstić information content (AvgIpc) is 2.38. The maximum absolute atomic E-state index is 13.1. The molecule has 0 saturated heterocycles. The topological polar surface area (TPSA) is 41.1 Å². The van der Waals surface area contributed by atoms with E-state index in [1.165, 1.54) is 6.07 Å². The van der Waals surface area contributed by atoms with E-state index in [9.17, 15) is 9.18 Å². The van der Waals surface area contributed by atoms with Gasteiger partial charge in [-0.25, -0.2) is 4.39 Å². The van der Waals surface area contributed by atoms with E-state index in [1.807, 2.05) is 0 Å². The Hall–Kier alpha value is -1.10. The monoisotopic (exact) mass is 330 g/mol. The van der Waals surface area contributed by atoms with Gasteiger partial charge in [0, 0.05) is 12.2 Å². The highest BCUT2D eigenvalue weighted by Gasteiger charge is 2.12. The Morgan fingerprint density at radius 2 is 2.16 bits per heavy atom.